The number of ether oxygens (including phenoxy) is 1. The highest BCUT2D eigenvalue weighted by molar-refractivity contribution is 7.89. The molecule has 0 bridgehead atoms. The predicted octanol–water partition coefficient (Wildman–Crippen LogP) is 1.03. The summed E-state index contributed by atoms with van der Waals surface area (Å²) in [5, 5.41) is 9.43. The minimum absolute atomic E-state index is 0.00842. The Labute approximate surface area is 120 Å². The summed E-state index contributed by atoms with van der Waals surface area (Å²) >= 11 is 0. The Bertz CT molecular complexity index is 558. The van der Waals surface area contributed by atoms with E-state index in [1.807, 2.05) is 6.92 Å². The lowest BCUT2D eigenvalue weighted by molar-refractivity contribution is 0.162. The molecule has 1 aromatic rings. The molecule has 6 nitrogen and oxygen atoms in total. The molecule has 0 radical (unpaired) electrons. The molecular formula is C13H22N2O4S. The van der Waals surface area contributed by atoms with Gasteiger partial charge in [0, 0.05) is 12.2 Å². The molecule has 0 saturated heterocycles. The van der Waals surface area contributed by atoms with Crippen molar-refractivity contribution in [1.82, 2.24) is 4.72 Å². The van der Waals surface area contributed by atoms with E-state index in [1.165, 1.54) is 13.2 Å². The maximum atomic E-state index is 12.2. The van der Waals surface area contributed by atoms with Gasteiger partial charge in [0.25, 0.3) is 0 Å². The Kier molecular flexibility index (Phi) is 5.79. The number of nitrogens with two attached hydrogens (primary N) is 1. The van der Waals surface area contributed by atoms with Crippen molar-refractivity contribution in [2.45, 2.75) is 37.7 Å². The Balaban J connectivity index is 2.95. The molecule has 0 amide bonds. The first-order valence-electron chi connectivity index (χ1n) is 6.43. The van der Waals surface area contributed by atoms with Gasteiger partial charge in [-0.15, -0.1) is 0 Å². The first-order valence-corrected chi connectivity index (χ1v) is 7.92. The zero-order valence-corrected chi connectivity index (χ0v) is 12.8. The summed E-state index contributed by atoms with van der Waals surface area (Å²) in [6, 6.07) is 2.97. The van der Waals surface area contributed by atoms with Crippen molar-refractivity contribution in [2.24, 2.45) is 0 Å². The van der Waals surface area contributed by atoms with Crippen molar-refractivity contribution in [3.8, 4) is 5.75 Å². The molecule has 1 rings (SSSR count). The summed E-state index contributed by atoms with van der Waals surface area (Å²) in [4.78, 5) is 0.00842. The third-order valence-corrected chi connectivity index (χ3v) is 4.56. The topological polar surface area (TPSA) is 102 Å². The molecule has 0 saturated carbocycles. The van der Waals surface area contributed by atoms with E-state index in [2.05, 4.69) is 4.72 Å². The van der Waals surface area contributed by atoms with E-state index in [0.717, 1.165) is 5.56 Å². The first-order chi connectivity index (χ1) is 9.31. The Hall–Kier alpha value is -1.31. The number of hydrogen-bond donors (Lipinski definition) is 3. The van der Waals surface area contributed by atoms with E-state index in [-0.39, 0.29) is 17.2 Å². The Morgan fingerprint density at radius 2 is 2.10 bits per heavy atom. The maximum absolute atomic E-state index is 12.2. The fraction of sp³-hybridized carbons (Fsp3) is 0.538. The van der Waals surface area contributed by atoms with Crippen LogP contribution in [-0.4, -0.2) is 33.3 Å². The van der Waals surface area contributed by atoms with Crippen molar-refractivity contribution >= 4 is 15.7 Å². The van der Waals surface area contributed by atoms with Crippen molar-refractivity contribution in [3.63, 3.8) is 0 Å². The summed E-state index contributed by atoms with van der Waals surface area (Å²) in [5.41, 5.74) is 6.89. The van der Waals surface area contributed by atoms with Crippen LogP contribution in [0.2, 0.25) is 0 Å². The fourth-order valence-corrected chi connectivity index (χ4v) is 2.92. The van der Waals surface area contributed by atoms with Gasteiger partial charge in [0.05, 0.1) is 13.2 Å². The average Bonchev–Trinajstić information content (AvgIpc) is 2.40. The number of nitrogens with one attached hydrogen (secondary N) is 1. The number of aryl methyl sites for hydroxylation is 1. The third kappa shape index (κ3) is 4.09. The summed E-state index contributed by atoms with van der Waals surface area (Å²) in [5.74, 6) is 0.250. The van der Waals surface area contributed by atoms with Crippen molar-refractivity contribution in [1.29, 1.82) is 0 Å². The largest absolute Gasteiger partial charge is 0.495 e. The van der Waals surface area contributed by atoms with Crippen LogP contribution in [0.1, 0.15) is 25.3 Å². The number of rotatable bonds is 7. The molecule has 20 heavy (non-hydrogen) atoms. The van der Waals surface area contributed by atoms with Crippen LogP contribution in [0.4, 0.5) is 5.69 Å². The number of aliphatic hydroxyl groups excluding tert-OH is 1. The zero-order chi connectivity index (χ0) is 15.3. The number of nitrogen functional groups attached to an aromatic ring is 1. The summed E-state index contributed by atoms with van der Waals surface area (Å²) < 4.78 is 32.0. The number of anilines is 1. The van der Waals surface area contributed by atoms with E-state index < -0.39 is 16.1 Å². The predicted molar refractivity (Wildman–Crippen MR) is 78.2 cm³/mol. The molecule has 0 spiro atoms. The minimum atomic E-state index is -3.71. The van der Waals surface area contributed by atoms with Crippen LogP contribution < -0.4 is 15.2 Å². The van der Waals surface area contributed by atoms with Crippen LogP contribution in [0.3, 0.4) is 0 Å². The van der Waals surface area contributed by atoms with Gasteiger partial charge in [0.1, 0.15) is 10.6 Å². The number of methoxy groups -OCH3 is 1. The van der Waals surface area contributed by atoms with Gasteiger partial charge in [0.2, 0.25) is 10.0 Å². The van der Waals surface area contributed by atoms with Gasteiger partial charge in [-0.05, 0) is 37.5 Å². The van der Waals surface area contributed by atoms with Gasteiger partial charge in [0.15, 0.2) is 0 Å². The third-order valence-electron chi connectivity index (χ3n) is 3.08. The second kappa shape index (κ2) is 6.92. The molecule has 114 valence electrons. The van der Waals surface area contributed by atoms with Gasteiger partial charge in [-0.25, -0.2) is 13.1 Å². The van der Waals surface area contributed by atoms with E-state index in [0.29, 0.717) is 18.5 Å². The smallest absolute Gasteiger partial charge is 0.244 e. The number of aliphatic hydroxyl groups is 1. The quantitative estimate of drug-likeness (QED) is 0.653. The van der Waals surface area contributed by atoms with Crippen molar-refractivity contribution in [2.75, 3.05) is 19.4 Å². The highest BCUT2D eigenvalue weighted by Crippen LogP contribution is 2.28. The lowest BCUT2D eigenvalue weighted by Gasteiger charge is -2.14. The van der Waals surface area contributed by atoms with Crippen LogP contribution in [0.5, 0.6) is 5.75 Å². The van der Waals surface area contributed by atoms with Crippen LogP contribution in [-0.2, 0) is 10.0 Å². The van der Waals surface area contributed by atoms with Crippen LogP contribution in [0, 0.1) is 6.92 Å². The molecule has 0 heterocycles. The monoisotopic (exact) mass is 302 g/mol. The minimum Gasteiger partial charge on any atom is -0.495 e. The highest BCUT2D eigenvalue weighted by Gasteiger charge is 2.20. The second-order valence-corrected chi connectivity index (χ2v) is 6.34. The molecular weight excluding hydrogens is 280 g/mol. The molecule has 0 aliphatic carbocycles. The normalized spacial score (nSPS) is 13.2. The zero-order valence-electron chi connectivity index (χ0n) is 12.0. The molecule has 4 N–H and O–H groups in total. The fourth-order valence-electron chi connectivity index (χ4n) is 1.69. The molecule has 0 aromatic heterocycles. The molecule has 0 aliphatic heterocycles. The summed E-state index contributed by atoms with van der Waals surface area (Å²) in [6.45, 7) is 3.77. The molecule has 0 fully saturated rings. The Morgan fingerprint density at radius 1 is 1.45 bits per heavy atom. The second-order valence-electron chi connectivity index (χ2n) is 4.61. The molecule has 1 unspecified atom stereocenters. The van der Waals surface area contributed by atoms with Crippen molar-refractivity contribution in [3.05, 3.63) is 17.7 Å². The summed E-state index contributed by atoms with van der Waals surface area (Å²) in [6.07, 6.45) is 0.435. The molecule has 7 heteroatoms. The number of benzene rings is 1. The lowest BCUT2D eigenvalue weighted by Crippen LogP contribution is -2.27. The maximum Gasteiger partial charge on any atom is 0.244 e. The number of hydrogen-bond acceptors (Lipinski definition) is 5. The number of sulfonamides is 1. The van der Waals surface area contributed by atoms with Crippen LogP contribution in [0.15, 0.2) is 17.0 Å². The van der Waals surface area contributed by atoms with E-state index in [1.54, 1.807) is 13.0 Å². The van der Waals surface area contributed by atoms with E-state index in [4.69, 9.17) is 10.5 Å². The molecule has 0 aliphatic rings. The van der Waals surface area contributed by atoms with Gasteiger partial charge in [-0.3, -0.25) is 0 Å². The van der Waals surface area contributed by atoms with Crippen LogP contribution >= 0.6 is 0 Å². The van der Waals surface area contributed by atoms with E-state index in [9.17, 15) is 13.5 Å². The van der Waals surface area contributed by atoms with Gasteiger partial charge >= 0.3 is 0 Å². The van der Waals surface area contributed by atoms with Gasteiger partial charge in [-0.1, -0.05) is 6.92 Å². The van der Waals surface area contributed by atoms with Gasteiger partial charge < -0.3 is 15.6 Å². The van der Waals surface area contributed by atoms with Crippen molar-refractivity contribution < 1.29 is 18.3 Å². The van der Waals surface area contributed by atoms with E-state index >= 15 is 0 Å². The highest BCUT2D eigenvalue weighted by atomic mass is 32.2. The SMILES string of the molecule is CCC(O)CCNS(=O)(=O)c1cc(N)c(C)cc1OC. The first kappa shape index (κ1) is 16.7. The lowest BCUT2D eigenvalue weighted by atomic mass is 10.2. The standard InChI is InChI=1S/C13H22N2O4S/c1-4-10(16)5-6-15-20(17,18)13-8-11(14)9(2)7-12(13)19-3/h7-8,10,15-16H,4-6,14H2,1-3H3. The average molecular weight is 302 g/mol. The van der Waals surface area contributed by atoms with Crippen LogP contribution in [0.25, 0.3) is 0 Å². The molecule has 1 aromatic carbocycles. The Morgan fingerprint density at radius 3 is 2.65 bits per heavy atom. The van der Waals surface area contributed by atoms with Gasteiger partial charge in [-0.2, -0.15) is 0 Å². The molecule has 1 atom stereocenters. The summed E-state index contributed by atoms with van der Waals surface area (Å²) in [7, 11) is -2.30.